The summed E-state index contributed by atoms with van der Waals surface area (Å²) >= 11 is 0. The van der Waals surface area contributed by atoms with Crippen LogP contribution in [0.5, 0.6) is 0 Å². The van der Waals surface area contributed by atoms with E-state index in [0.29, 0.717) is 30.2 Å². The van der Waals surface area contributed by atoms with Gasteiger partial charge in [0, 0.05) is 17.8 Å². The Balaban J connectivity index is 1.74. The molecule has 0 saturated heterocycles. The van der Waals surface area contributed by atoms with Crippen LogP contribution in [0.4, 0.5) is 15.8 Å². The number of rotatable bonds is 4. The molecular formula is C20H18FN5O3. The van der Waals surface area contributed by atoms with Crippen molar-refractivity contribution in [1.82, 2.24) is 4.98 Å². The van der Waals surface area contributed by atoms with Crippen molar-refractivity contribution in [2.75, 3.05) is 18.5 Å². The van der Waals surface area contributed by atoms with Crippen molar-refractivity contribution in [1.29, 1.82) is 5.26 Å². The van der Waals surface area contributed by atoms with Gasteiger partial charge in [-0.1, -0.05) is 6.92 Å². The normalized spacial score (nSPS) is 16.5. The molecule has 3 rings (SSSR count). The number of aliphatic imine (C=N–C) groups is 1. The van der Waals surface area contributed by atoms with Gasteiger partial charge < -0.3 is 20.5 Å². The Bertz CT molecular complexity index is 1010. The highest BCUT2D eigenvalue weighted by Gasteiger charge is 2.16. The molecule has 9 heteroatoms. The summed E-state index contributed by atoms with van der Waals surface area (Å²) in [5.74, 6) is -0.524. The maximum absolute atomic E-state index is 14.1. The van der Waals surface area contributed by atoms with E-state index in [-0.39, 0.29) is 23.3 Å². The van der Waals surface area contributed by atoms with Gasteiger partial charge in [-0.3, -0.25) is 4.79 Å². The molecule has 0 spiro atoms. The number of nitrogens with two attached hydrogens (primary N) is 1. The molecule has 1 aliphatic heterocycles. The molecule has 3 N–H and O–H groups in total. The minimum atomic E-state index is -0.625. The fourth-order valence-electron chi connectivity index (χ4n) is 2.54. The molecule has 1 atom stereocenters. The van der Waals surface area contributed by atoms with Gasteiger partial charge >= 0.3 is 0 Å². The van der Waals surface area contributed by atoms with Crippen molar-refractivity contribution in [3.63, 3.8) is 0 Å². The zero-order valence-corrected chi connectivity index (χ0v) is 15.6. The number of amidine groups is 1. The number of carbonyl (C=O) groups excluding carboxylic acids is 1. The predicted octanol–water partition coefficient (Wildman–Crippen LogP) is 2.86. The first-order valence-electron chi connectivity index (χ1n) is 8.73. The van der Waals surface area contributed by atoms with Gasteiger partial charge in [0.25, 0.3) is 11.9 Å². The lowest BCUT2D eigenvalue weighted by Gasteiger charge is -2.20. The smallest absolute Gasteiger partial charge is 0.292 e. The Morgan fingerprint density at radius 3 is 2.97 bits per heavy atom. The molecule has 1 aliphatic rings. The van der Waals surface area contributed by atoms with Crippen molar-refractivity contribution >= 4 is 23.3 Å². The van der Waals surface area contributed by atoms with Crippen LogP contribution in [0.15, 0.2) is 53.4 Å². The number of nitrogens with one attached hydrogen (secondary N) is 1. The summed E-state index contributed by atoms with van der Waals surface area (Å²) < 4.78 is 24.9. The van der Waals surface area contributed by atoms with E-state index in [9.17, 15) is 9.18 Å². The Hall–Kier alpha value is -3.77. The fourth-order valence-corrected chi connectivity index (χ4v) is 2.54. The lowest BCUT2D eigenvalue weighted by molar-refractivity contribution is 0.102. The van der Waals surface area contributed by atoms with Crippen LogP contribution in [0.1, 0.15) is 23.0 Å². The zero-order valence-electron chi connectivity index (χ0n) is 15.6. The zero-order chi connectivity index (χ0) is 20.8. The van der Waals surface area contributed by atoms with Gasteiger partial charge in [0.1, 0.15) is 29.0 Å². The number of pyridine rings is 1. The van der Waals surface area contributed by atoms with Crippen LogP contribution in [0.25, 0.3) is 0 Å². The third-order valence-corrected chi connectivity index (χ3v) is 4.04. The van der Waals surface area contributed by atoms with Crippen LogP contribution in [0.2, 0.25) is 0 Å². The van der Waals surface area contributed by atoms with Crippen LogP contribution >= 0.6 is 0 Å². The summed E-state index contributed by atoms with van der Waals surface area (Å²) in [5.41, 5.74) is 6.45. The average molecular weight is 395 g/mol. The van der Waals surface area contributed by atoms with Crippen LogP contribution in [0, 0.1) is 23.1 Å². The Labute approximate surface area is 166 Å². The standard InChI is InChI=1S/C20H18FN5O3/c1-12-11-28-7-6-18(12)29-20(23)26-17-8-14(3-4-15(17)21)25-19(27)16-5-2-13(9-22)10-24-16/h2-6,8,10,12H,7,11H2,1H3,(H2,23,26)(H,25,27)/t12-/m0/s1. The van der Waals surface area contributed by atoms with E-state index in [4.69, 9.17) is 20.5 Å². The van der Waals surface area contributed by atoms with Crippen LogP contribution in [0.3, 0.4) is 0 Å². The molecule has 0 fully saturated rings. The third-order valence-electron chi connectivity index (χ3n) is 4.04. The molecule has 1 amide bonds. The number of ether oxygens (including phenoxy) is 2. The summed E-state index contributed by atoms with van der Waals surface area (Å²) in [5, 5.41) is 11.4. The number of hydrogen-bond donors (Lipinski definition) is 2. The minimum absolute atomic E-state index is 0.00731. The van der Waals surface area contributed by atoms with Crippen LogP contribution in [-0.4, -0.2) is 30.1 Å². The largest absolute Gasteiger partial charge is 0.430 e. The Morgan fingerprint density at radius 2 is 2.28 bits per heavy atom. The average Bonchev–Trinajstić information content (AvgIpc) is 2.72. The van der Waals surface area contributed by atoms with Gasteiger partial charge in [-0.2, -0.15) is 10.3 Å². The van der Waals surface area contributed by atoms with Gasteiger partial charge in [-0.25, -0.2) is 9.37 Å². The van der Waals surface area contributed by atoms with E-state index in [1.807, 2.05) is 13.0 Å². The number of carbonyl (C=O) groups is 1. The Kier molecular flexibility index (Phi) is 6.16. The quantitative estimate of drug-likeness (QED) is 0.606. The second-order valence-corrected chi connectivity index (χ2v) is 6.26. The molecule has 0 bridgehead atoms. The van der Waals surface area contributed by atoms with Gasteiger partial charge in [0.2, 0.25) is 0 Å². The SMILES string of the molecule is C[C@H]1COCC=C1O/C(N)=N\c1cc(NC(=O)c2ccc(C#N)cn2)ccc1F. The molecule has 0 aliphatic carbocycles. The van der Waals surface area contributed by atoms with Gasteiger partial charge in [0.15, 0.2) is 0 Å². The molecule has 29 heavy (non-hydrogen) atoms. The highest BCUT2D eigenvalue weighted by Crippen LogP contribution is 2.24. The number of anilines is 1. The van der Waals surface area contributed by atoms with Gasteiger partial charge in [-0.05, 0) is 36.4 Å². The predicted molar refractivity (Wildman–Crippen MR) is 104 cm³/mol. The molecule has 2 heterocycles. The number of nitriles is 1. The van der Waals surface area contributed by atoms with Crippen molar-refractivity contribution in [3.05, 3.63) is 65.4 Å². The number of benzene rings is 1. The number of amides is 1. The number of halogens is 1. The highest BCUT2D eigenvalue weighted by molar-refractivity contribution is 6.03. The van der Waals surface area contributed by atoms with Crippen molar-refractivity contribution < 1.29 is 18.7 Å². The van der Waals surface area contributed by atoms with Crippen LogP contribution in [-0.2, 0) is 9.47 Å². The molecular weight excluding hydrogens is 377 g/mol. The monoisotopic (exact) mass is 395 g/mol. The maximum atomic E-state index is 14.1. The van der Waals surface area contributed by atoms with E-state index in [1.54, 1.807) is 6.08 Å². The first-order chi connectivity index (χ1) is 14.0. The number of aromatic nitrogens is 1. The topological polar surface area (TPSA) is 123 Å². The lowest BCUT2D eigenvalue weighted by Crippen LogP contribution is -2.23. The molecule has 0 saturated carbocycles. The molecule has 8 nitrogen and oxygen atoms in total. The number of hydrogen-bond acceptors (Lipinski definition) is 6. The fraction of sp³-hybridized carbons (Fsp3) is 0.200. The highest BCUT2D eigenvalue weighted by atomic mass is 19.1. The number of nitrogens with zero attached hydrogens (tertiary/aromatic N) is 3. The second kappa shape index (κ2) is 8.95. The van der Waals surface area contributed by atoms with E-state index in [2.05, 4.69) is 15.3 Å². The van der Waals surface area contributed by atoms with Gasteiger partial charge in [-0.15, -0.1) is 0 Å². The van der Waals surface area contributed by atoms with E-state index >= 15 is 0 Å². The lowest BCUT2D eigenvalue weighted by atomic mass is 10.1. The Morgan fingerprint density at radius 1 is 1.45 bits per heavy atom. The summed E-state index contributed by atoms with van der Waals surface area (Å²) in [4.78, 5) is 20.2. The first-order valence-corrected chi connectivity index (χ1v) is 8.73. The molecule has 0 unspecified atom stereocenters. The van der Waals surface area contributed by atoms with Crippen molar-refractivity contribution in [2.45, 2.75) is 6.92 Å². The second-order valence-electron chi connectivity index (χ2n) is 6.26. The van der Waals surface area contributed by atoms with Crippen molar-refractivity contribution in [2.24, 2.45) is 16.6 Å². The molecule has 0 radical (unpaired) electrons. The summed E-state index contributed by atoms with van der Waals surface area (Å²) in [7, 11) is 0. The van der Waals surface area contributed by atoms with E-state index < -0.39 is 11.7 Å². The summed E-state index contributed by atoms with van der Waals surface area (Å²) in [6.45, 7) is 2.82. The van der Waals surface area contributed by atoms with Crippen LogP contribution < -0.4 is 11.1 Å². The molecule has 2 aromatic rings. The van der Waals surface area contributed by atoms with E-state index in [1.165, 1.54) is 30.5 Å². The molecule has 1 aromatic carbocycles. The summed E-state index contributed by atoms with van der Waals surface area (Å²) in [6.07, 6.45) is 3.04. The molecule has 1 aromatic heterocycles. The van der Waals surface area contributed by atoms with Crippen molar-refractivity contribution in [3.8, 4) is 6.07 Å². The minimum Gasteiger partial charge on any atom is -0.430 e. The maximum Gasteiger partial charge on any atom is 0.292 e. The third kappa shape index (κ3) is 5.15. The summed E-state index contributed by atoms with van der Waals surface area (Å²) in [6, 6.07) is 8.47. The van der Waals surface area contributed by atoms with E-state index in [0.717, 1.165) is 6.07 Å². The van der Waals surface area contributed by atoms with Gasteiger partial charge in [0.05, 0.1) is 18.8 Å². The first kappa shape index (κ1) is 20.0. The molecule has 148 valence electrons.